The molecule has 1 radical (unpaired) electrons. The molecule has 1 fully saturated rings. The topological polar surface area (TPSA) is 17.3 Å². The molecule has 1 aliphatic rings. The van der Waals surface area contributed by atoms with Crippen molar-refractivity contribution in [1.82, 2.24) is 10.4 Å². The van der Waals surface area contributed by atoms with E-state index in [1.165, 1.54) is 25.9 Å². The lowest BCUT2D eigenvalue weighted by Crippen LogP contribution is -2.25. The Hall–Kier alpha value is -0.0800. The molecule has 0 aromatic heterocycles. The monoisotopic (exact) mass is 99.1 g/mol. The summed E-state index contributed by atoms with van der Waals surface area (Å²) in [5.74, 6) is 0. The minimum Gasteiger partial charge on any atom is -0.227 e. The highest BCUT2D eigenvalue weighted by molar-refractivity contribution is 4.59. The second kappa shape index (κ2) is 2.28. The minimum absolute atomic E-state index is 1.18. The van der Waals surface area contributed by atoms with Gasteiger partial charge in [-0.3, -0.25) is 0 Å². The van der Waals surface area contributed by atoms with Crippen LogP contribution in [-0.2, 0) is 0 Å². The van der Waals surface area contributed by atoms with Crippen molar-refractivity contribution in [2.24, 2.45) is 0 Å². The lowest BCUT2D eigenvalue weighted by Gasteiger charge is -2.07. The lowest BCUT2D eigenvalue weighted by molar-refractivity contribution is 0.253. The molecule has 1 saturated heterocycles. The normalized spacial score (nSPS) is 23.6. The van der Waals surface area contributed by atoms with Gasteiger partial charge in [-0.15, -0.1) is 0 Å². The fraction of sp³-hybridized carbons (Fsp3) is 1.00. The molecule has 7 heavy (non-hydrogen) atoms. The molecule has 0 aliphatic carbocycles. The first-order valence-corrected chi connectivity index (χ1v) is 2.78. The Morgan fingerprint density at radius 1 is 1.29 bits per heavy atom. The quantitative estimate of drug-likeness (QED) is 0.460. The summed E-state index contributed by atoms with van der Waals surface area (Å²) in [6.45, 7) is 2.35. The standard InChI is InChI=1S/C5H11N2/c1-6-7-4-2-3-5-7/h2-5H2,1H3. The average molecular weight is 99.2 g/mol. The molecule has 0 N–H and O–H groups in total. The van der Waals surface area contributed by atoms with Gasteiger partial charge in [-0.25, -0.2) is 5.01 Å². The summed E-state index contributed by atoms with van der Waals surface area (Å²) < 4.78 is 0. The predicted octanol–water partition coefficient (Wildman–Crippen LogP) is 0.231. The average Bonchev–Trinajstić information content (AvgIpc) is 2.14. The highest BCUT2D eigenvalue weighted by Crippen LogP contribution is 2.02. The van der Waals surface area contributed by atoms with Gasteiger partial charge in [0.05, 0.1) is 0 Å². The molecule has 0 bridgehead atoms. The molecule has 2 nitrogen and oxygen atoms in total. The van der Waals surface area contributed by atoms with Gasteiger partial charge in [-0.05, 0) is 12.8 Å². The molecule has 1 rings (SSSR count). The predicted molar refractivity (Wildman–Crippen MR) is 28.9 cm³/mol. The van der Waals surface area contributed by atoms with Gasteiger partial charge in [0.1, 0.15) is 0 Å². The third-order valence-corrected chi connectivity index (χ3v) is 1.37. The van der Waals surface area contributed by atoms with Crippen molar-refractivity contribution in [3.63, 3.8) is 0 Å². The van der Waals surface area contributed by atoms with Crippen LogP contribution in [0.4, 0.5) is 0 Å². The largest absolute Gasteiger partial charge is 0.227 e. The summed E-state index contributed by atoms with van der Waals surface area (Å²) in [6.07, 6.45) is 2.66. The summed E-state index contributed by atoms with van der Waals surface area (Å²) in [5.41, 5.74) is 4.02. The van der Waals surface area contributed by atoms with Gasteiger partial charge in [0.25, 0.3) is 0 Å². The van der Waals surface area contributed by atoms with Crippen LogP contribution >= 0.6 is 0 Å². The van der Waals surface area contributed by atoms with Crippen LogP contribution in [0, 0.1) is 0 Å². The summed E-state index contributed by atoms with van der Waals surface area (Å²) in [5, 5.41) is 2.11. The molecular formula is C5H11N2. The first kappa shape index (κ1) is 5.06. The molecule has 41 valence electrons. The Morgan fingerprint density at radius 3 is 2.14 bits per heavy atom. The van der Waals surface area contributed by atoms with Gasteiger partial charge < -0.3 is 0 Å². The Labute approximate surface area is 44.5 Å². The minimum atomic E-state index is 1.18. The van der Waals surface area contributed by atoms with Crippen LogP contribution in [0.3, 0.4) is 0 Å². The van der Waals surface area contributed by atoms with Crippen molar-refractivity contribution in [2.75, 3.05) is 20.1 Å². The number of hydrogen-bond donors (Lipinski definition) is 0. The van der Waals surface area contributed by atoms with Crippen LogP contribution in [0.1, 0.15) is 12.8 Å². The molecule has 0 amide bonds. The Balaban J connectivity index is 2.14. The first-order chi connectivity index (χ1) is 3.43. The summed E-state index contributed by atoms with van der Waals surface area (Å²) >= 11 is 0. The van der Waals surface area contributed by atoms with Gasteiger partial charge in [0.2, 0.25) is 0 Å². The Kier molecular flexibility index (Phi) is 1.65. The molecule has 0 aromatic rings. The van der Waals surface area contributed by atoms with E-state index in [9.17, 15) is 0 Å². The number of rotatable bonds is 1. The van der Waals surface area contributed by atoms with Crippen molar-refractivity contribution >= 4 is 0 Å². The zero-order valence-corrected chi connectivity index (χ0v) is 4.72. The molecule has 2 heteroatoms. The van der Waals surface area contributed by atoms with Crippen molar-refractivity contribution in [2.45, 2.75) is 12.8 Å². The van der Waals surface area contributed by atoms with Crippen molar-refractivity contribution < 1.29 is 0 Å². The van der Waals surface area contributed by atoms with Crippen LogP contribution in [0.5, 0.6) is 0 Å². The van der Waals surface area contributed by atoms with Crippen molar-refractivity contribution in [3.05, 3.63) is 0 Å². The van der Waals surface area contributed by atoms with E-state index in [0.29, 0.717) is 0 Å². The second-order valence-electron chi connectivity index (χ2n) is 1.86. The maximum atomic E-state index is 4.02. The molecule has 0 aromatic carbocycles. The maximum Gasteiger partial charge on any atom is 0.0193 e. The molecule has 0 atom stereocenters. The zero-order valence-electron chi connectivity index (χ0n) is 4.72. The fourth-order valence-corrected chi connectivity index (χ4v) is 0.900. The van der Waals surface area contributed by atoms with Crippen LogP contribution in [-0.4, -0.2) is 25.1 Å². The van der Waals surface area contributed by atoms with Crippen LogP contribution in [0.2, 0.25) is 0 Å². The zero-order chi connectivity index (χ0) is 5.11. The fourth-order valence-electron chi connectivity index (χ4n) is 0.900. The molecule has 0 saturated carbocycles. The summed E-state index contributed by atoms with van der Waals surface area (Å²) in [4.78, 5) is 0. The number of hydrogen-bond acceptors (Lipinski definition) is 1. The number of nitrogens with zero attached hydrogens (tertiary/aromatic N) is 2. The Morgan fingerprint density at radius 2 is 1.86 bits per heavy atom. The van der Waals surface area contributed by atoms with E-state index in [4.69, 9.17) is 0 Å². The Bertz CT molecular complexity index is 48.0. The van der Waals surface area contributed by atoms with Gasteiger partial charge in [0.15, 0.2) is 0 Å². The summed E-state index contributed by atoms with van der Waals surface area (Å²) in [6, 6.07) is 0. The molecule has 0 unspecified atom stereocenters. The molecule has 1 heterocycles. The van der Waals surface area contributed by atoms with E-state index in [2.05, 4.69) is 10.4 Å². The van der Waals surface area contributed by atoms with Crippen LogP contribution < -0.4 is 5.43 Å². The van der Waals surface area contributed by atoms with Crippen LogP contribution in [0.15, 0.2) is 0 Å². The lowest BCUT2D eigenvalue weighted by atomic mass is 10.4. The van der Waals surface area contributed by atoms with Gasteiger partial charge in [-0.2, -0.15) is 5.43 Å². The van der Waals surface area contributed by atoms with E-state index in [1.54, 1.807) is 0 Å². The molecular weight excluding hydrogens is 88.1 g/mol. The van der Waals surface area contributed by atoms with E-state index < -0.39 is 0 Å². The maximum absolute atomic E-state index is 4.02. The van der Waals surface area contributed by atoms with Crippen molar-refractivity contribution in [3.8, 4) is 0 Å². The SMILES string of the molecule is C[N]N1CCCC1. The smallest absolute Gasteiger partial charge is 0.0193 e. The summed E-state index contributed by atoms with van der Waals surface area (Å²) in [7, 11) is 1.85. The van der Waals surface area contributed by atoms with Gasteiger partial charge in [-0.1, -0.05) is 0 Å². The van der Waals surface area contributed by atoms with E-state index in [0.717, 1.165) is 0 Å². The van der Waals surface area contributed by atoms with Gasteiger partial charge in [0, 0.05) is 20.1 Å². The van der Waals surface area contributed by atoms with E-state index in [-0.39, 0.29) is 0 Å². The van der Waals surface area contributed by atoms with E-state index in [1.807, 2.05) is 7.05 Å². The molecule has 1 aliphatic heterocycles. The van der Waals surface area contributed by atoms with Gasteiger partial charge >= 0.3 is 0 Å². The third kappa shape index (κ3) is 1.14. The molecule has 0 spiro atoms. The van der Waals surface area contributed by atoms with E-state index >= 15 is 0 Å². The first-order valence-electron chi connectivity index (χ1n) is 2.78. The van der Waals surface area contributed by atoms with Crippen LogP contribution in [0.25, 0.3) is 0 Å². The third-order valence-electron chi connectivity index (χ3n) is 1.37. The second-order valence-corrected chi connectivity index (χ2v) is 1.86. The van der Waals surface area contributed by atoms with Crippen molar-refractivity contribution in [1.29, 1.82) is 0 Å². The highest BCUT2D eigenvalue weighted by atomic mass is 15.5. The highest BCUT2D eigenvalue weighted by Gasteiger charge is 2.08.